The Morgan fingerprint density at radius 2 is 1.65 bits per heavy atom. The summed E-state index contributed by atoms with van der Waals surface area (Å²) in [5.74, 6) is 3.01. The van der Waals surface area contributed by atoms with Crippen molar-refractivity contribution in [1.82, 2.24) is 0 Å². The van der Waals surface area contributed by atoms with E-state index in [0.717, 1.165) is 18.4 Å². The summed E-state index contributed by atoms with van der Waals surface area (Å²) in [4.78, 5) is 0. The van der Waals surface area contributed by atoms with Crippen molar-refractivity contribution in [2.75, 3.05) is 13.2 Å². The molecule has 1 aromatic rings. The molecule has 0 amide bonds. The minimum atomic E-state index is -3.55. The van der Waals surface area contributed by atoms with Gasteiger partial charge in [-0.1, -0.05) is 26.0 Å². The molecular weight excluding hydrogens is 275 g/mol. The molecule has 0 aliphatic heterocycles. The number of phosphoric ester groups is 1. The van der Waals surface area contributed by atoms with Crippen molar-refractivity contribution in [3.63, 3.8) is 0 Å². The minimum absolute atomic E-state index is 0.330. The molecule has 0 spiro atoms. The standard InChI is InChI=1S/C15H21O4P/c1-4-7-14-8-10-15(11-9-14)19-20(16,17-12-5-2)18-13-6-3/h1,8-11H,5-7,12-13H2,2-3H3. The van der Waals surface area contributed by atoms with Gasteiger partial charge in [-0.25, -0.2) is 4.57 Å². The third-order valence-corrected chi connectivity index (χ3v) is 3.79. The molecule has 0 saturated heterocycles. The van der Waals surface area contributed by atoms with E-state index in [1.807, 2.05) is 26.0 Å². The van der Waals surface area contributed by atoms with Crippen LogP contribution in [0.4, 0.5) is 0 Å². The van der Waals surface area contributed by atoms with Crippen LogP contribution in [0.2, 0.25) is 0 Å². The third kappa shape index (κ3) is 5.79. The van der Waals surface area contributed by atoms with Crippen molar-refractivity contribution >= 4 is 7.82 Å². The predicted octanol–water partition coefficient (Wildman–Crippen LogP) is 4.20. The van der Waals surface area contributed by atoms with Gasteiger partial charge in [-0.3, -0.25) is 9.05 Å². The van der Waals surface area contributed by atoms with Crippen molar-refractivity contribution in [3.8, 4) is 18.1 Å². The lowest BCUT2D eigenvalue weighted by molar-refractivity contribution is 0.155. The Kier molecular flexibility index (Phi) is 7.40. The van der Waals surface area contributed by atoms with Gasteiger partial charge >= 0.3 is 7.82 Å². The first-order valence-electron chi connectivity index (χ1n) is 6.74. The van der Waals surface area contributed by atoms with Gasteiger partial charge in [0.1, 0.15) is 5.75 Å². The first kappa shape index (κ1) is 16.8. The van der Waals surface area contributed by atoms with Crippen molar-refractivity contribution in [1.29, 1.82) is 0 Å². The number of hydrogen-bond acceptors (Lipinski definition) is 4. The van der Waals surface area contributed by atoms with Crippen molar-refractivity contribution in [2.45, 2.75) is 33.1 Å². The molecule has 0 aliphatic carbocycles. The maximum Gasteiger partial charge on any atom is 0.530 e. The number of hydrogen-bond donors (Lipinski definition) is 0. The van der Waals surface area contributed by atoms with Gasteiger partial charge in [-0.05, 0) is 30.5 Å². The molecule has 0 fully saturated rings. The van der Waals surface area contributed by atoms with Gasteiger partial charge in [0.2, 0.25) is 0 Å². The van der Waals surface area contributed by atoms with E-state index >= 15 is 0 Å². The van der Waals surface area contributed by atoms with E-state index < -0.39 is 7.82 Å². The molecule has 0 saturated carbocycles. The Morgan fingerprint density at radius 1 is 1.10 bits per heavy atom. The summed E-state index contributed by atoms with van der Waals surface area (Å²) in [5.41, 5.74) is 0.999. The van der Waals surface area contributed by atoms with Gasteiger partial charge in [0.15, 0.2) is 0 Å². The van der Waals surface area contributed by atoms with Crippen LogP contribution in [0.3, 0.4) is 0 Å². The second-order valence-corrected chi connectivity index (χ2v) is 5.82. The first-order chi connectivity index (χ1) is 9.63. The van der Waals surface area contributed by atoms with E-state index in [1.165, 1.54) is 0 Å². The molecule has 4 nitrogen and oxygen atoms in total. The molecule has 20 heavy (non-hydrogen) atoms. The summed E-state index contributed by atoms with van der Waals surface area (Å²) >= 11 is 0. The maximum atomic E-state index is 12.4. The molecule has 110 valence electrons. The van der Waals surface area contributed by atoms with E-state index in [4.69, 9.17) is 20.0 Å². The van der Waals surface area contributed by atoms with Crippen LogP contribution in [-0.4, -0.2) is 13.2 Å². The molecule has 5 heteroatoms. The fraction of sp³-hybridized carbons (Fsp3) is 0.467. The van der Waals surface area contributed by atoms with Crippen molar-refractivity contribution in [3.05, 3.63) is 29.8 Å². The van der Waals surface area contributed by atoms with Gasteiger partial charge in [-0.15, -0.1) is 12.3 Å². The van der Waals surface area contributed by atoms with Gasteiger partial charge < -0.3 is 4.52 Å². The molecule has 0 aromatic heterocycles. The average molecular weight is 296 g/mol. The van der Waals surface area contributed by atoms with Gasteiger partial charge in [-0.2, -0.15) is 0 Å². The van der Waals surface area contributed by atoms with Crippen LogP contribution >= 0.6 is 7.82 Å². The lowest BCUT2D eigenvalue weighted by Crippen LogP contribution is -2.04. The van der Waals surface area contributed by atoms with Crippen LogP contribution in [0.15, 0.2) is 24.3 Å². The highest BCUT2D eigenvalue weighted by atomic mass is 31.2. The Balaban J connectivity index is 2.73. The smallest absolute Gasteiger partial charge is 0.404 e. The average Bonchev–Trinajstić information content (AvgIpc) is 2.46. The molecule has 0 heterocycles. The summed E-state index contributed by atoms with van der Waals surface area (Å²) < 4.78 is 28.3. The van der Waals surface area contributed by atoms with Crippen LogP contribution in [0.25, 0.3) is 0 Å². The molecule has 0 bridgehead atoms. The maximum absolute atomic E-state index is 12.4. The molecule has 1 rings (SSSR count). The molecule has 0 radical (unpaired) electrons. The van der Waals surface area contributed by atoms with Crippen molar-refractivity contribution in [2.24, 2.45) is 0 Å². The Hall–Kier alpha value is -1.27. The normalized spacial score (nSPS) is 11.1. The largest absolute Gasteiger partial charge is 0.530 e. The van der Waals surface area contributed by atoms with Gasteiger partial charge in [0.05, 0.1) is 13.2 Å². The van der Waals surface area contributed by atoms with E-state index in [-0.39, 0.29) is 0 Å². The second-order valence-electron chi connectivity index (χ2n) is 4.23. The zero-order valence-electron chi connectivity index (χ0n) is 12.0. The molecule has 0 aliphatic rings. The van der Waals surface area contributed by atoms with Crippen molar-refractivity contribution < 1.29 is 18.1 Å². The van der Waals surface area contributed by atoms with E-state index in [1.54, 1.807) is 12.1 Å². The lowest BCUT2D eigenvalue weighted by Gasteiger charge is -2.18. The number of rotatable bonds is 9. The fourth-order valence-corrected chi connectivity index (χ4v) is 2.78. The quantitative estimate of drug-likeness (QED) is 0.506. The SMILES string of the molecule is C#CCc1ccc(OP(=O)(OCCC)OCCC)cc1. The highest BCUT2D eigenvalue weighted by Gasteiger charge is 2.27. The van der Waals surface area contributed by atoms with Crippen LogP contribution in [0.1, 0.15) is 32.3 Å². The van der Waals surface area contributed by atoms with Crippen LogP contribution in [0.5, 0.6) is 5.75 Å². The third-order valence-electron chi connectivity index (χ3n) is 2.35. The summed E-state index contributed by atoms with van der Waals surface area (Å²) in [7, 11) is -3.55. The molecule has 1 aromatic carbocycles. The summed E-state index contributed by atoms with van der Waals surface area (Å²) in [6, 6.07) is 7.09. The van der Waals surface area contributed by atoms with Gasteiger partial charge in [0, 0.05) is 6.42 Å². The zero-order valence-corrected chi connectivity index (χ0v) is 12.9. The minimum Gasteiger partial charge on any atom is -0.404 e. The highest BCUT2D eigenvalue weighted by Crippen LogP contribution is 2.49. The zero-order chi connectivity index (χ0) is 14.8. The number of terminal acetylenes is 1. The fourth-order valence-electron chi connectivity index (χ4n) is 1.41. The monoisotopic (exact) mass is 296 g/mol. The first-order valence-corrected chi connectivity index (χ1v) is 8.20. The summed E-state index contributed by atoms with van der Waals surface area (Å²) in [6.07, 6.45) is 7.28. The Morgan fingerprint density at radius 3 is 2.10 bits per heavy atom. The predicted molar refractivity (Wildman–Crippen MR) is 79.7 cm³/mol. The van der Waals surface area contributed by atoms with Gasteiger partial charge in [0.25, 0.3) is 0 Å². The molecule has 0 N–H and O–H groups in total. The van der Waals surface area contributed by atoms with E-state index in [9.17, 15) is 4.57 Å². The molecule has 0 unspecified atom stereocenters. The molecular formula is C15H21O4P. The molecule has 0 atom stereocenters. The number of phosphoric acid groups is 1. The van der Waals surface area contributed by atoms with E-state index in [2.05, 4.69) is 5.92 Å². The number of benzene rings is 1. The van der Waals surface area contributed by atoms with Crippen LogP contribution in [-0.2, 0) is 20.0 Å². The second kappa shape index (κ2) is 8.81. The lowest BCUT2D eigenvalue weighted by atomic mass is 10.1. The van der Waals surface area contributed by atoms with E-state index in [0.29, 0.717) is 25.4 Å². The Bertz CT molecular complexity index is 464. The summed E-state index contributed by atoms with van der Waals surface area (Å²) in [6.45, 7) is 4.52. The van der Waals surface area contributed by atoms with Crippen LogP contribution in [0, 0.1) is 12.3 Å². The Labute approximate surface area is 121 Å². The highest BCUT2D eigenvalue weighted by molar-refractivity contribution is 7.48. The summed E-state index contributed by atoms with van der Waals surface area (Å²) in [5, 5.41) is 0. The van der Waals surface area contributed by atoms with Crippen LogP contribution < -0.4 is 4.52 Å². The topological polar surface area (TPSA) is 44.8 Å².